The quantitative estimate of drug-likeness (QED) is 0.349. The van der Waals surface area contributed by atoms with E-state index in [4.69, 9.17) is 4.42 Å². The van der Waals surface area contributed by atoms with Crippen molar-refractivity contribution in [3.05, 3.63) is 23.7 Å². The van der Waals surface area contributed by atoms with Crippen LogP contribution < -0.4 is 10.7 Å². The molecule has 0 radical (unpaired) electrons. The third-order valence-electron chi connectivity index (χ3n) is 3.60. The Labute approximate surface area is 144 Å². The Morgan fingerprint density at radius 3 is 2.46 bits per heavy atom. The third-order valence-corrected chi connectivity index (χ3v) is 3.60. The average Bonchev–Trinajstić information content (AvgIpc) is 2.97. The molecule has 6 heteroatoms. The predicted octanol–water partition coefficient (Wildman–Crippen LogP) is 3.30. The molecule has 0 aromatic carbocycles. The predicted molar refractivity (Wildman–Crippen MR) is 94.8 cm³/mol. The highest BCUT2D eigenvalue weighted by molar-refractivity contribution is 5.85. The summed E-state index contributed by atoms with van der Waals surface area (Å²) in [6, 6.07) is 3.57. The first-order chi connectivity index (χ1) is 11.6. The van der Waals surface area contributed by atoms with Crippen LogP contribution in [-0.2, 0) is 9.59 Å². The molecule has 0 fully saturated rings. The van der Waals surface area contributed by atoms with E-state index in [0.29, 0.717) is 12.2 Å². The second kappa shape index (κ2) is 12.3. The third kappa shape index (κ3) is 9.82. The monoisotopic (exact) mass is 335 g/mol. The molecule has 1 aromatic rings. The van der Waals surface area contributed by atoms with Crippen LogP contribution in [0.15, 0.2) is 21.7 Å². The maximum atomic E-state index is 11.6. The topological polar surface area (TPSA) is 83.7 Å². The molecule has 6 nitrogen and oxygen atoms in total. The first-order valence-corrected chi connectivity index (χ1v) is 8.77. The molecule has 0 bridgehead atoms. The number of amides is 2. The number of rotatable bonds is 12. The van der Waals surface area contributed by atoms with Crippen LogP contribution in [0.2, 0.25) is 0 Å². The molecule has 134 valence electrons. The van der Waals surface area contributed by atoms with Crippen molar-refractivity contribution in [2.75, 3.05) is 6.54 Å². The van der Waals surface area contributed by atoms with Gasteiger partial charge in [-0.2, -0.15) is 5.10 Å². The van der Waals surface area contributed by atoms with Crippen molar-refractivity contribution in [1.29, 1.82) is 0 Å². The first kappa shape index (κ1) is 19.9. The zero-order valence-corrected chi connectivity index (χ0v) is 14.8. The lowest BCUT2D eigenvalue weighted by atomic mass is 10.1. The van der Waals surface area contributed by atoms with E-state index >= 15 is 0 Å². The van der Waals surface area contributed by atoms with Crippen molar-refractivity contribution in [3.63, 3.8) is 0 Å². The van der Waals surface area contributed by atoms with E-state index in [1.165, 1.54) is 38.3 Å². The summed E-state index contributed by atoms with van der Waals surface area (Å²) in [5.41, 5.74) is 2.35. The lowest BCUT2D eigenvalue weighted by Crippen LogP contribution is -2.34. The highest BCUT2D eigenvalue weighted by atomic mass is 16.3. The normalized spacial score (nSPS) is 10.9. The molecule has 0 aliphatic carbocycles. The van der Waals surface area contributed by atoms with Gasteiger partial charge in [0.05, 0.1) is 12.8 Å². The molecule has 2 N–H and O–H groups in total. The lowest BCUT2D eigenvalue weighted by Gasteiger charge is -2.04. The van der Waals surface area contributed by atoms with E-state index in [0.717, 1.165) is 18.6 Å². The maximum Gasteiger partial charge on any atom is 0.259 e. The van der Waals surface area contributed by atoms with E-state index in [2.05, 4.69) is 22.8 Å². The lowest BCUT2D eigenvalue weighted by molar-refractivity contribution is -0.126. The highest BCUT2D eigenvalue weighted by Crippen LogP contribution is 2.08. The SMILES string of the molecule is CCCCCCCCCC(=O)NCC(=O)N/N=C\c1ccc(C)o1. The molecule has 0 unspecified atom stereocenters. The van der Waals surface area contributed by atoms with Gasteiger partial charge in [0.15, 0.2) is 0 Å². The minimum atomic E-state index is -0.359. The van der Waals surface area contributed by atoms with Crippen LogP contribution in [0.4, 0.5) is 0 Å². The summed E-state index contributed by atoms with van der Waals surface area (Å²) in [5, 5.41) is 6.37. The smallest absolute Gasteiger partial charge is 0.259 e. The van der Waals surface area contributed by atoms with Crippen LogP contribution in [0.3, 0.4) is 0 Å². The van der Waals surface area contributed by atoms with Crippen molar-refractivity contribution in [2.45, 2.75) is 65.2 Å². The molecule has 0 saturated carbocycles. The van der Waals surface area contributed by atoms with Gasteiger partial charge in [-0.15, -0.1) is 0 Å². The van der Waals surface area contributed by atoms with Crippen molar-refractivity contribution in [3.8, 4) is 0 Å². The van der Waals surface area contributed by atoms with Crippen LogP contribution >= 0.6 is 0 Å². The zero-order chi connectivity index (χ0) is 17.6. The van der Waals surface area contributed by atoms with Crippen LogP contribution in [0.1, 0.15) is 69.8 Å². The highest BCUT2D eigenvalue weighted by Gasteiger charge is 2.04. The Morgan fingerprint density at radius 1 is 1.08 bits per heavy atom. The number of nitrogens with one attached hydrogen (secondary N) is 2. The number of carbonyl (C=O) groups is 2. The van der Waals surface area contributed by atoms with Crippen molar-refractivity contribution in [2.24, 2.45) is 5.10 Å². The van der Waals surface area contributed by atoms with E-state index < -0.39 is 0 Å². The molecule has 0 saturated heterocycles. The summed E-state index contributed by atoms with van der Waals surface area (Å²) < 4.78 is 5.28. The summed E-state index contributed by atoms with van der Waals surface area (Å²) in [7, 11) is 0. The molecule has 1 rings (SSSR count). The minimum absolute atomic E-state index is 0.0656. The fraction of sp³-hybridized carbons (Fsp3) is 0.611. The number of hydrogen-bond acceptors (Lipinski definition) is 4. The molecule has 1 heterocycles. The van der Waals surface area contributed by atoms with Gasteiger partial charge < -0.3 is 9.73 Å². The van der Waals surface area contributed by atoms with Gasteiger partial charge in [0.2, 0.25) is 5.91 Å². The molecule has 1 aromatic heterocycles. The number of unbranched alkanes of at least 4 members (excludes halogenated alkanes) is 6. The van der Waals surface area contributed by atoms with Gasteiger partial charge in [0, 0.05) is 6.42 Å². The van der Waals surface area contributed by atoms with Gasteiger partial charge in [-0.05, 0) is 25.5 Å². The second-order valence-corrected chi connectivity index (χ2v) is 5.89. The van der Waals surface area contributed by atoms with Crippen LogP contribution in [0, 0.1) is 6.92 Å². The molecule has 24 heavy (non-hydrogen) atoms. The molecule has 0 atom stereocenters. The standard InChI is InChI=1S/C18H29N3O3/c1-3-4-5-6-7-8-9-10-17(22)19-14-18(23)21-20-13-16-12-11-15(2)24-16/h11-13H,3-10,14H2,1-2H3,(H,19,22)(H,21,23)/b20-13-. The molecular weight excluding hydrogens is 306 g/mol. The summed E-state index contributed by atoms with van der Waals surface area (Å²) in [6.07, 6.45) is 10.1. The molecule has 2 amide bonds. The van der Waals surface area contributed by atoms with E-state index in [-0.39, 0.29) is 18.4 Å². The number of aryl methyl sites for hydroxylation is 1. The van der Waals surface area contributed by atoms with Gasteiger partial charge >= 0.3 is 0 Å². The number of hydrazone groups is 1. The van der Waals surface area contributed by atoms with Crippen LogP contribution in [-0.4, -0.2) is 24.6 Å². The van der Waals surface area contributed by atoms with Crippen LogP contribution in [0.5, 0.6) is 0 Å². The Bertz CT molecular complexity index is 523. The summed E-state index contributed by atoms with van der Waals surface area (Å²) in [6.45, 7) is 3.96. The first-order valence-electron chi connectivity index (χ1n) is 8.77. The summed E-state index contributed by atoms with van der Waals surface area (Å²) in [4.78, 5) is 23.2. The molecular formula is C18H29N3O3. The Morgan fingerprint density at radius 2 is 1.79 bits per heavy atom. The largest absolute Gasteiger partial charge is 0.460 e. The van der Waals surface area contributed by atoms with Crippen LogP contribution in [0.25, 0.3) is 0 Å². The number of carbonyl (C=O) groups excluding carboxylic acids is 2. The molecule has 0 aliphatic rings. The van der Waals surface area contributed by atoms with Gasteiger partial charge in [0.25, 0.3) is 5.91 Å². The van der Waals surface area contributed by atoms with Gasteiger partial charge in [-0.3, -0.25) is 9.59 Å². The van der Waals surface area contributed by atoms with E-state index in [1.807, 2.05) is 13.0 Å². The van der Waals surface area contributed by atoms with Crippen molar-refractivity contribution in [1.82, 2.24) is 10.7 Å². The Hall–Kier alpha value is -2.11. The van der Waals surface area contributed by atoms with E-state index in [1.54, 1.807) is 6.07 Å². The summed E-state index contributed by atoms with van der Waals surface area (Å²) >= 11 is 0. The second-order valence-electron chi connectivity index (χ2n) is 5.89. The summed E-state index contributed by atoms with van der Waals surface area (Å²) in [5.74, 6) is 0.892. The van der Waals surface area contributed by atoms with Crippen molar-refractivity contribution < 1.29 is 14.0 Å². The fourth-order valence-corrected chi connectivity index (χ4v) is 2.24. The Kier molecular flexibility index (Phi) is 10.2. The minimum Gasteiger partial charge on any atom is -0.460 e. The number of furan rings is 1. The average molecular weight is 335 g/mol. The van der Waals surface area contributed by atoms with Gasteiger partial charge in [0.1, 0.15) is 11.5 Å². The number of hydrogen-bond donors (Lipinski definition) is 2. The Balaban J connectivity index is 2.03. The van der Waals surface area contributed by atoms with Gasteiger partial charge in [-0.1, -0.05) is 45.4 Å². The van der Waals surface area contributed by atoms with Crippen molar-refractivity contribution >= 4 is 18.0 Å². The zero-order valence-electron chi connectivity index (χ0n) is 14.8. The van der Waals surface area contributed by atoms with Gasteiger partial charge in [-0.25, -0.2) is 5.43 Å². The fourth-order valence-electron chi connectivity index (χ4n) is 2.24. The number of nitrogens with zero attached hydrogens (tertiary/aromatic N) is 1. The molecule has 0 aliphatic heterocycles. The van der Waals surface area contributed by atoms with E-state index in [9.17, 15) is 9.59 Å². The molecule has 0 spiro atoms. The maximum absolute atomic E-state index is 11.6.